The van der Waals surface area contributed by atoms with Gasteiger partial charge >= 0.3 is 0 Å². The first-order valence-corrected chi connectivity index (χ1v) is 10.8. The molecule has 4 heterocycles. The van der Waals surface area contributed by atoms with Crippen molar-refractivity contribution in [2.24, 2.45) is 0 Å². The minimum Gasteiger partial charge on any atom is -0.394 e. The number of nitrogens with zero attached hydrogens (tertiary/aromatic N) is 6. The van der Waals surface area contributed by atoms with Gasteiger partial charge in [-0.1, -0.05) is 13.0 Å². The van der Waals surface area contributed by atoms with Gasteiger partial charge in [0.25, 0.3) is 0 Å². The molecule has 0 saturated heterocycles. The normalized spacial score (nSPS) is 12.3. The maximum Gasteiger partial charge on any atom is 0.227 e. The molecule has 32 heavy (non-hydrogen) atoms. The smallest absolute Gasteiger partial charge is 0.227 e. The zero-order valence-corrected chi connectivity index (χ0v) is 18.5. The van der Waals surface area contributed by atoms with E-state index in [0.29, 0.717) is 23.8 Å². The van der Waals surface area contributed by atoms with Crippen molar-refractivity contribution in [2.45, 2.75) is 45.8 Å². The predicted molar refractivity (Wildman–Crippen MR) is 125 cm³/mol. The molecule has 0 radical (unpaired) electrons. The van der Waals surface area contributed by atoms with Crippen LogP contribution in [0.1, 0.15) is 38.8 Å². The highest BCUT2D eigenvalue weighted by atomic mass is 16.3. The van der Waals surface area contributed by atoms with E-state index in [1.807, 2.05) is 42.0 Å². The Morgan fingerprint density at radius 2 is 1.88 bits per heavy atom. The largest absolute Gasteiger partial charge is 0.394 e. The Morgan fingerprint density at radius 1 is 1.06 bits per heavy atom. The standard InChI is InChI=1S/C23H28N8O/c1-4-18(13-32)28-23-29-21(20-22(30-23)31(14-27-20)15(2)3)26-12-16-5-6-19(25-11-16)17-7-9-24-10-8-17/h5-11,14-15,18,32H,4,12-13H2,1-3H3,(H2,26,28,29,30)/t18-/m1/s1. The topological polar surface area (TPSA) is 114 Å². The van der Waals surface area contributed by atoms with Gasteiger partial charge < -0.3 is 20.3 Å². The number of pyridine rings is 2. The first kappa shape index (κ1) is 21.6. The van der Waals surface area contributed by atoms with E-state index in [0.717, 1.165) is 28.9 Å². The molecule has 0 unspecified atom stereocenters. The second kappa shape index (κ2) is 9.69. The van der Waals surface area contributed by atoms with Crippen LogP contribution < -0.4 is 10.6 Å². The summed E-state index contributed by atoms with van der Waals surface area (Å²) in [7, 11) is 0. The lowest BCUT2D eigenvalue weighted by molar-refractivity contribution is 0.271. The summed E-state index contributed by atoms with van der Waals surface area (Å²) in [5.74, 6) is 1.11. The van der Waals surface area contributed by atoms with Crippen molar-refractivity contribution in [3.05, 3.63) is 54.7 Å². The first-order chi connectivity index (χ1) is 15.6. The molecule has 0 amide bonds. The molecule has 166 valence electrons. The second-order valence-corrected chi connectivity index (χ2v) is 7.89. The van der Waals surface area contributed by atoms with E-state index < -0.39 is 0 Å². The molecule has 4 rings (SSSR count). The highest BCUT2D eigenvalue weighted by Crippen LogP contribution is 2.24. The number of anilines is 2. The second-order valence-electron chi connectivity index (χ2n) is 7.89. The molecule has 3 N–H and O–H groups in total. The Labute approximate surface area is 187 Å². The van der Waals surface area contributed by atoms with E-state index in [4.69, 9.17) is 0 Å². The lowest BCUT2D eigenvalue weighted by atomic mass is 10.1. The Morgan fingerprint density at radius 3 is 2.53 bits per heavy atom. The molecule has 0 aliphatic heterocycles. The number of aromatic nitrogens is 6. The zero-order chi connectivity index (χ0) is 22.5. The van der Waals surface area contributed by atoms with Crippen molar-refractivity contribution in [3.8, 4) is 11.3 Å². The molecule has 0 spiro atoms. The minimum atomic E-state index is -0.111. The lowest BCUT2D eigenvalue weighted by Gasteiger charge is -2.16. The number of rotatable bonds is 9. The SMILES string of the molecule is CC[C@H](CO)Nc1nc(NCc2ccc(-c3ccncc3)nc2)c2ncn(C(C)C)c2n1. The van der Waals surface area contributed by atoms with E-state index in [1.165, 1.54) is 0 Å². The Bertz CT molecular complexity index is 1150. The number of fused-ring (bicyclic) bond motifs is 1. The van der Waals surface area contributed by atoms with Gasteiger partial charge in [-0.3, -0.25) is 9.97 Å². The number of imidazole rings is 1. The highest BCUT2D eigenvalue weighted by Gasteiger charge is 2.16. The summed E-state index contributed by atoms with van der Waals surface area (Å²) >= 11 is 0. The summed E-state index contributed by atoms with van der Waals surface area (Å²) in [6, 6.07) is 8.01. The van der Waals surface area contributed by atoms with Crippen molar-refractivity contribution in [2.75, 3.05) is 17.2 Å². The van der Waals surface area contributed by atoms with Crippen LogP contribution in [0.2, 0.25) is 0 Å². The van der Waals surface area contributed by atoms with Crippen LogP contribution in [0.15, 0.2) is 49.2 Å². The zero-order valence-electron chi connectivity index (χ0n) is 18.5. The van der Waals surface area contributed by atoms with Crippen LogP contribution in [0.25, 0.3) is 22.4 Å². The molecular formula is C23H28N8O. The fourth-order valence-corrected chi connectivity index (χ4v) is 3.35. The van der Waals surface area contributed by atoms with Gasteiger partial charge in [-0.2, -0.15) is 9.97 Å². The molecule has 0 aromatic carbocycles. The molecule has 9 heteroatoms. The molecule has 4 aromatic heterocycles. The average molecular weight is 433 g/mol. The summed E-state index contributed by atoms with van der Waals surface area (Å²) in [6.45, 7) is 6.73. The van der Waals surface area contributed by atoms with Crippen LogP contribution in [-0.4, -0.2) is 47.2 Å². The summed E-state index contributed by atoms with van der Waals surface area (Å²) in [6.07, 6.45) is 7.92. The Balaban J connectivity index is 1.58. The van der Waals surface area contributed by atoms with E-state index in [9.17, 15) is 5.11 Å². The third kappa shape index (κ3) is 4.67. The maximum atomic E-state index is 9.57. The van der Waals surface area contributed by atoms with Gasteiger partial charge in [0, 0.05) is 36.7 Å². The molecule has 0 aliphatic rings. The van der Waals surface area contributed by atoms with E-state index in [-0.39, 0.29) is 18.7 Å². The van der Waals surface area contributed by atoms with Gasteiger partial charge in [-0.15, -0.1) is 0 Å². The van der Waals surface area contributed by atoms with E-state index in [1.54, 1.807) is 18.7 Å². The van der Waals surface area contributed by atoms with Gasteiger partial charge in [-0.25, -0.2) is 4.98 Å². The average Bonchev–Trinajstić information content (AvgIpc) is 3.26. The van der Waals surface area contributed by atoms with Crippen molar-refractivity contribution < 1.29 is 5.11 Å². The van der Waals surface area contributed by atoms with Gasteiger partial charge in [0.05, 0.1) is 24.7 Å². The Hall–Kier alpha value is -3.59. The quantitative estimate of drug-likeness (QED) is 0.367. The summed E-state index contributed by atoms with van der Waals surface area (Å²) < 4.78 is 2.01. The summed E-state index contributed by atoms with van der Waals surface area (Å²) in [4.78, 5) is 22.5. The minimum absolute atomic E-state index is 0.0135. The summed E-state index contributed by atoms with van der Waals surface area (Å²) in [5.41, 5.74) is 4.41. The van der Waals surface area contributed by atoms with Crippen molar-refractivity contribution in [3.63, 3.8) is 0 Å². The molecule has 9 nitrogen and oxygen atoms in total. The van der Waals surface area contributed by atoms with Crippen LogP contribution in [0.3, 0.4) is 0 Å². The van der Waals surface area contributed by atoms with Crippen LogP contribution in [0.4, 0.5) is 11.8 Å². The monoisotopic (exact) mass is 432 g/mol. The fraction of sp³-hybridized carbons (Fsp3) is 0.348. The van der Waals surface area contributed by atoms with Gasteiger partial charge in [0.2, 0.25) is 5.95 Å². The third-order valence-electron chi connectivity index (χ3n) is 5.28. The molecule has 0 aliphatic carbocycles. The first-order valence-electron chi connectivity index (χ1n) is 10.8. The van der Waals surface area contributed by atoms with Crippen LogP contribution in [0, 0.1) is 0 Å². The third-order valence-corrected chi connectivity index (χ3v) is 5.28. The van der Waals surface area contributed by atoms with Crippen molar-refractivity contribution >= 4 is 22.9 Å². The Kier molecular flexibility index (Phi) is 6.55. The number of aliphatic hydroxyl groups is 1. The number of nitrogens with one attached hydrogen (secondary N) is 2. The van der Waals surface area contributed by atoms with Crippen molar-refractivity contribution in [1.29, 1.82) is 0 Å². The predicted octanol–water partition coefficient (Wildman–Crippen LogP) is 3.66. The molecule has 1 atom stereocenters. The number of hydrogen-bond acceptors (Lipinski definition) is 8. The fourth-order valence-electron chi connectivity index (χ4n) is 3.35. The highest BCUT2D eigenvalue weighted by molar-refractivity contribution is 5.84. The molecule has 4 aromatic rings. The van der Waals surface area contributed by atoms with E-state index in [2.05, 4.69) is 49.4 Å². The van der Waals surface area contributed by atoms with Gasteiger partial charge in [-0.05, 0) is 44.0 Å². The van der Waals surface area contributed by atoms with Crippen LogP contribution in [-0.2, 0) is 6.54 Å². The number of hydrogen-bond donors (Lipinski definition) is 3. The lowest BCUT2D eigenvalue weighted by Crippen LogP contribution is -2.24. The summed E-state index contributed by atoms with van der Waals surface area (Å²) in [5, 5.41) is 16.2. The maximum absolute atomic E-state index is 9.57. The van der Waals surface area contributed by atoms with Crippen LogP contribution in [0.5, 0.6) is 0 Å². The number of aliphatic hydroxyl groups excluding tert-OH is 1. The molecule has 0 bridgehead atoms. The van der Waals surface area contributed by atoms with Crippen molar-refractivity contribution in [1.82, 2.24) is 29.5 Å². The van der Waals surface area contributed by atoms with Crippen LogP contribution >= 0.6 is 0 Å². The molecular weight excluding hydrogens is 404 g/mol. The molecule has 0 fully saturated rings. The van der Waals surface area contributed by atoms with E-state index >= 15 is 0 Å². The molecule has 0 saturated carbocycles. The van der Waals surface area contributed by atoms with Gasteiger partial charge in [0.1, 0.15) is 0 Å². The van der Waals surface area contributed by atoms with Gasteiger partial charge in [0.15, 0.2) is 17.0 Å².